The van der Waals surface area contributed by atoms with Crippen molar-refractivity contribution in [3.63, 3.8) is 0 Å². The maximum atomic E-state index is 11.5. The van der Waals surface area contributed by atoms with Gasteiger partial charge in [-0.2, -0.15) is 0 Å². The number of nitrogens with two attached hydrogens (primary N) is 1. The molecule has 0 aliphatic rings. The molecule has 0 bridgehead atoms. The number of hydrogen-bond donors (Lipinski definition) is 3. The molecule has 1 aromatic rings. The zero-order valence-corrected chi connectivity index (χ0v) is 10.8. The van der Waals surface area contributed by atoms with E-state index in [0.717, 1.165) is 10.7 Å². The number of amides is 3. The molecule has 7 heteroatoms. The average Bonchev–Trinajstić information content (AvgIpc) is 2.86. The summed E-state index contributed by atoms with van der Waals surface area (Å²) in [6, 6.07) is 2.92. The van der Waals surface area contributed by atoms with Crippen molar-refractivity contribution in [1.29, 1.82) is 0 Å². The number of likely N-dealkylation sites (N-methyl/N-ethyl adjacent to an activating group) is 1. The molecule has 3 amide bonds. The maximum absolute atomic E-state index is 11.5. The Morgan fingerprint density at radius 1 is 1.58 bits per heavy atom. The molecular formula is C12H19N3O4. The first-order valence-corrected chi connectivity index (χ1v) is 5.93. The van der Waals surface area contributed by atoms with Crippen molar-refractivity contribution in [3.8, 4) is 0 Å². The number of aliphatic hydroxyl groups excluding tert-OH is 1. The quantitative estimate of drug-likeness (QED) is 0.623. The summed E-state index contributed by atoms with van der Waals surface area (Å²) in [6.45, 7) is 0.142. The molecule has 0 aromatic carbocycles. The van der Waals surface area contributed by atoms with E-state index in [0.29, 0.717) is 13.0 Å². The molecule has 1 atom stereocenters. The summed E-state index contributed by atoms with van der Waals surface area (Å²) in [6.07, 6.45) is 2.10. The lowest BCUT2D eigenvalue weighted by Crippen LogP contribution is -2.42. The van der Waals surface area contributed by atoms with E-state index >= 15 is 0 Å². The van der Waals surface area contributed by atoms with Crippen molar-refractivity contribution in [2.45, 2.75) is 6.42 Å². The first-order valence-electron chi connectivity index (χ1n) is 5.93. The van der Waals surface area contributed by atoms with Crippen LogP contribution in [-0.2, 0) is 11.2 Å². The molecule has 106 valence electrons. The molecule has 0 fully saturated rings. The van der Waals surface area contributed by atoms with Crippen LogP contribution in [0, 0.1) is 5.92 Å². The van der Waals surface area contributed by atoms with E-state index in [4.69, 9.17) is 10.2 Å². The number of nitrogens with zero attached hydrogens (tertiary/aromatic N) is 1. The Bertz CT molecular complexity index is 405. The van der Waals surface area contributed by atoms with Crippen molar-refractivity contribution in [2.24, 2.45) is 11.7 Å². The van der Waals surface area contributed by atoms with Crippen LogP contribution >= 0.6 is 0 Å². The number of furan rings is 1. The molecule has 1 rings (SSSR count). The highest BCUT2D eigenvalue weighted by Crippen LogP contribution is 2.08. The second kappa shape index (κ2) is 7.42. The maximum Gasteiger partial charge on any atom is 0.314 e. The number of aliphatic hydroxyl groups is 1. The highest BCUT2D eigenvalue weighted by molar-refractivity contribution is 5.83. The van der Waals surface area contributed by atoms with E-state index in [2.05, 4.69) is 5.32 Å². The van der Waals surface area contributed by atoms with Gasteiger partial charge in [0.25, 0.3) is 0 Å². The Balaban J connectivity index is 2.32. The van der Waals surface area contributed by atoms with Crippen molar-refractivity contribution in [1.82, 2.24) is 10.2 Å². The molecule has 1 aromatic heterocycles. The Morgan fingerprint density at radius 3 is 2.84 bits per heavy atom. The molecule has 0 radical (unpaired) electrons. The van der Waals surface area contributed by atoms with E-state index < -0.39 is 6.03 Å². The Morgan fingerprint density at radius 2 is 2.32 bits per heavy atom. The van der Waals surface area contributed by atoms with E-state index in [9.17, 15) is 14.7 Å². The summed E-state index contributed by atoms with van der Waals surface area (Å²) in [5.74, 6) is 0.302. The highest BCUT2D eigenvalue weighted by atomic mass is 16.3. The molecule has 0 saturated heterocycles. The van der Waals surface area contributed by atoms with Crippen LogP contribution < -0.4 is 11.1 Å². The minimum absolute atomic E-state index is 0.0629. The third kappa shape index (κ3) is 5.43. The summed E-state index contributed by atoms with van der Waals surface area (Å²) in [7, 11) is 1.44. The second-order valence-electron chi connectivity index (χ2n) is 4.33. The predicted molar refractivity (Wildman–Crippen MR) is 68.2 cm³/mol. The minimum atomic E-state index is -0.663. The fourth-order valence-electron chi connectivity index (χ4n) is 1.52. The van der Waals surface area contributed by atoms with Crippen molar-refractivity contribution in [2.75, 3.05) is 26.7 Å². The van der Waals surface area contributed by atoms with E-state index in [1.807, 2.05) is 6.07 Å². The molecule has 4 N–H and O–H groups in total. The van der Waals surface area contributed by atoms with Gasteiger partial charge in [0.2, 0.25) is 5.91 Å². The van der Waals surface area contributed by atoms with Crippen molar-refractivity contribution >= 4 is 11.9 Å². The fraction of sp³-hybridized carbons (Fsp3) is 0.500. The van der Waals surface area contributed by atoms with Gasteiger partial charge in [0.15, 0.2) is 0 Å². The standard InChI is InChI=1S/C12H19N3O4/c1-15(12(13)18)7-11(17)14-6-9(8-16)5-10-3-2-4-19-10/h2-4,9,16H,5-8H2,1H3,(H2,13,18)(H,14,17). The third-order valence-corrected chi connectivity index (χ3v) is 2.67. The second-order valence-corrected chi connectivity index (χ2v) is 4.33. The number of urea groups is 1. The summed E-state index contributed by atoms with van der Waals surface area (Å²) < 4.78 is 5.18. The van der Waals surface area contributed by atoms with Gasteiger partial charge in [-0.3, -0.25) is 4.79 Å². The lowest BCUT2D eigenvalue weighted by molar-refractivity contribution is -0.121. The first-order chi connectivity index (χ1) is 9.02. The fourth-order valence-corrected chi connectivity index (χ4v) is 1.52. The van der Waals surface area contributed by atoms with E-state index in [1.165, 1.54) is 7.05 Å². The summed E-state index contributed by atoms with van der Waals surface area (Å²) in [5, 5.41) is 11.9. The summed E-state index contributed by atoms with van der Waals surface area (Å²) in [4.78, 5) is 23.4. The predicted octanol–water partition coefficient (Wildman–Crippen LogP) is -0.443. The first kappa shape index (κ1) is 15.0. The number of carbonyl (C=O) groups is 2. The number of rotatable bonds is 7. The van der Waals surface area contributed by atoms with Crippen LogP contribution in [0.5, 0.6) is 0 Å². The molecule has 0 saturated carbocycles. The number of carbonyl (C=O) groups excluding carboxylic acids is 2. The van der Waals surface area contributed by atoms with Crippen molar-refractivity contribution in [3.05, 3.63) is 24.2 Å². The lowest BCUT2D eigenvalue weighted by Gasteiger charge is -2.16. The van der Waals surface area contributed by atoms with Gasteiger partial charge in [-0.25, -0.2) is 4.79 Å². The number of nitrogens with one attached hydrogen (secondary N) is 1. The number of hydrogen-bond acceptors (Lipinski definition) is 4. The molecule has 1 heterocycles. The van der Waals surface area contributed by atoms with Crippen molar-refractivity contribution < 1.29 is 19.1 Å². The zero-order valence-electron chi connectivity index (χ0n) is 10.8. The van der Waals surface area contributed by atoms with Gasteiger partial charge in [-0.05, 0) is 12.1 Å². The normalized spacial score (nSPS) is 11.9. The topological polar surface area (TPSA) is 109 Å². The lowest BCUT2D eigenvalue weighted by atomic mass is 10.1. The summed E-state index contributed by atoms with van der Waals surface area (Å²) in [5.41, 5.74) is 5.01. The van der Waals surface area contributed by atoms with Crippen LogP contribution in [0.15, 0.2) is 22.8 Å². The molecule has 1 unspecified atom stereocenters. The molecule has 0 spiro atoms. The van der Waals surface area contributed by atoms with Gasteiger partial charge in [0, 0.05) is 32.5 Å². The van der Waals surface area contributed by atoms with Crippen LogP contribution in [0.2, 0.25) is 0 Å². The van der Waals surface area contributed by atoms with Gasteiger partial charge in [-0.1, -0.05) is 0 Å². The molecule has 7 nitrogen and oxygen atoms in total. The highest BCUT2D eigenvalue weighted by Gasteiger charge is 2.14. The molecule has 0 aliphatic heterocycles. The largest absolute Gasteiger partial charge is 0.469 e. The van der Waals surface area contributed by atoms with Crippen LogP contribution in [0.4, 0.5) is 4.79 Å². The minimum Gasteiger partial charge on any atom is -0.469 e. The van der Waals surface area contributed by atoms with Crippen LogP contribution in [0.3, 0.4) is 0 Å². The van der Waals surface area contributed by atoms with E-state index in [1.54, 1.807) is 12.3 Å². The van der Waals surface area contributed by atoms with Crippen LogP contribution in [0.1, 0.15) is 5.76 Å². The molecule has 0 aliphatic carbocycles. The van der Waals surface area contributed by atoms with Gasteiger partial charge in [0.1, 0.15) is 12.3 Å². The zero-order chi connectivity index (χ0) is 14.3. The Kier molecular flexibility index (Phi) is 5.87. The van der Waals surface area contributed by atoms with Gasteiger partial charge < -0.3 is 25.5 Å². The third-order valence-electron chi connectivity index (χ3n) is 2.67. The number of primary amides is 1. The molecule has 19 heavy (non-hydrogen) atoms. The van der Waals surface area contributed by atoms with E-state index in [-0.39, 0.29) is 25.0 Å². The Hall–Kier alpha value is -2.02. The van der Waals surface area contributed by atoms with Gasteiger partial charge in [0.05, 0.1) is 6.26 Å². The average molecular weight is 269 g/mol. The smallest absolute Gasteiger partial charge is 0.314 e. The Labute approximate surface area is 111 Å². The van der Waals surface area contributed by atoms with Crippen LogP contribution in [-0.4, -0.2) is 48.7 Å². The molecular weight excluding hydrogens is 250 g/mol. The van der Waals surface area contributed by atoms with Gasteiger partial charge >= 0.3 is 6.03 Å². The monoisotopic (exact) mass is 269 g/mol. The van der Waals surface area contributed by atoms with Gasteiger partial charge in [-0.15, -0.1) is 0 Å². The van der Waals surface area contributed by atoms with Crippen LogP contribution in [0.25, 0.3) is 0 Å². The SMILES string of the molecule is CN(CC(=O)NCC(CO)Cc1ccco1)C(N)=O. The summed E-state index contributed by atoms with van der Waals surface area (Å²) >= 11 is 0.